The van der Waals surface area contributed by atoms with Crippen molar-refractivity contribution < 1.29 is 13.5 Å². The van der Waals surface area contributed by atoms with Gasteiger partial charge in [-0.1, -0.05) is 6.42 Å². The summed E-state index contributed by atoms with van der Waals surface area (Å²) in [5.74, 6) is 1.14. The van der Waals surface area contributed by atoms with Crippen molar-refractivity contribution in [3.8, 4) is 5.75 Å². The Labute approximate surface area is 111 Å². The average Bonchev–Trinajstić information content (AvgIpc) is 2.77. The van der Waals surface area contributed by atoms with Crippen LogP contribution in [0.15, 0.2) is 24.5 Å². The monoisotopic (exact) mass is 280 g/mol. The Morgan fingerprint density at radius 3 is 3.05 bits per heavy atom. The highest BCUT2D eigenvalue weighted by Crippen LogP contribution is 2.24. The van der Waals surface area contributed by atoms with Crippen LogP contribution in [0.2, 0.25) is 0 Å². The normalized spacial score (nSPS) is 22.6. The highest BCUT2D eigenvalue weighted by Gasteiger charge is 2.30. The van der Waals surface area contributed by atoms with Crippen LogP contribution in [-0.4, -0.2) is 33.9 Å². The minimum atomic E-state index is -2.99. The Bertz CT molecular complexity index is 706. The standard InChI is InChI=1S/C13H16N2O3S/c16-12-5-3-6-15-11(12)9-14-13(15)8-10-4-1-2-7-19(10,17)18/h3,5-6,9-10,16H,1-2,4,7-8H2. The van der Waals surface area contributed by atoms with E-state index in [9.17, 15) is 13.5 Å². The maximum absolute atomic E-state index is 12.0. The summed E-state index contributed by atoms with van der Waals surface area (Å²) in [6.45, 7) is 0. The smallest absolute Gasteiger partial charge is 0.153 e. The van der Waals surface area contributed by atoms with Crippen molar-refractivity contribution in [3.63, 3.8) is 0 Å². The molecule has 2 aromatic heterocycles. The van der Waals surface area contributed by atoms with Gasteiger partial charge in [0.05, 0.1) is 17.2 Å². The van der Waals surface area contributed by atoms with Crippen molar-refractivity contribution in [2.24, 2.45) is 0 Å². The first-order chi connectivity index (χ1) is 9.08. The summed E-state index contributed by atoms with van der Waals surface area (Å²) < 4.78 is 25.8. The molecule has 0 radical (unpaired) electrons. The summed E-state index contributed by atoms with van der Waals surface area (Å²) in [5.41, 5.74) is 0.616. The summed E-state index contributed by atoms with van der Waals surface area (Å²) >= 11 is 0. The Balaban J connectivity index is 1.95. The zero-order valence-corrected chi connectivity index (χ0v) is 11.3. The first kappa shape index (κ1) is 12.5. The number of aromatic hydroxyl groups is 1. The number of hydrogen-bond donors (Lipinski definition) is 1. The molecule has 6 heteroatoms. The summed E-state index contributed by atoms with van der Waals surface area (Å²) in [6.07, 6.45) is 6.23. The third-order valence-electron chi connectivity index (χ3n) is 3.75. The molecule has 102 valence electrons. The van der Waals surface area contributed by atoms with Crippen LogP contribution >= 0.6 is 0 Å². The number of imidazole rings is 1. The second kappa shape index (κ2) is 4.52. The van der Waals surface area contributed by atoms with Gasteiger partial charge in [-0.3, -0.25) is 0 Å². The van der Waals surface area contributed by atoms with E-state index in [1.165, 1.54) is 0 Å². The van der Waals surface area contributed by atoms with Crippen LogP contribution in [0.3, 0.4) is 0 Å². The first-order valence-electron chi connectivity index (χ1n) is 6.43. The van der Waals surface area contributed by atoms with Crippen LogP contribution in [0, 0.1) is 0 Å². The number of pyridine rings is 1. The van der Waals surface area contributed by atoms with Gasteiger partial charge < -0.3 is 9.51 Å². The van der Waals surface area contributed by atoms with E-state index in [0.717, 1.165) is 12.8 Å². The zero-order chi connectivity index (χ0) is 13.5. The molecule has 2 aromatic rings. The molecule has 0 saturated carbocycles. The maximum Gasteiger partial charge on any atom is 0.153 e. The Hall–Kier alpha value is -1.56. The summed E-state index contributed by atoms with van der Waals surface area (Å²) in [4.78, 5) is 4.25. The van der Waals surface area contributed by atoms with Crippen LogP contribution in [0.5, 0.6) is 5.75 Å². The van der Waals surface area contributed by atoms with Gasteiger partial charge in [0.15, 0.2) is 9.84 Å². The van der Waals surface area contributed by atoms with Crippen molar-refractivity contribution in [2.45, 2.75) is 30.9 Å². The number of aromatic nitrogens is 2. The van der Waals surface area contributed by atoms with Crippen LogP contribution in [-0.2, 0) is 16.3 Å². The number of sulfone groups is 1. The van der Waals surface area contributed by atoms with Crippen molar-refractivity contribution in [3.05, 3.63) is 30.4 Å². The molecule has 19 heavy (non-hydrogen) atoms. The summed E-state index contributed by atoms with van der Waals surface area (Å²) in [6, 6.07) is 3.32. The fourth-order valence-corrected chi connectivity index (χ4v) is 4.53. The van der Waals surface area contributed by atoms with Crippen molar-refractivity contribution in [1.82, 2.24) is 9.38 Å². The number of fused-ring (bicyclic) bond motifs is 1. The number of hydrogen-bond acceptors (Lipinski definition) is 4. The molecule has 1 aliphatic heterocycles. The molecule has 5 nitrogen and oxygen atoms in total. The maximum atomic E-state index is 12.0. The van der Waals surface area contributed by atoms with E-state index in [2.05, 4.69) is 4.98 Å². The van der Waals surface area contributed by atoms with E-state index < -0.39 is 9.84 Å². The third-order valence-corrected chi connectivity index (χ3v) is 6.02. The molecule has 0 aliphatic carbocycles. The second-order valence-corrected chi connectivity index (χ2v) is 7.41. The Morgan fingerprint density at radius 1 is 1.42 bits per heavy atom. The van der Waals surface area contributed by atoms with E-state index in [4.69, 9.17) is 0 Å². The van der Waals surface area contributed by atoms with Gasteiger partial charge in [0.2, 0.25) is 0 Å². The fraction of sp³-hybridized carbons (Fsp3) is 0.462. The van der Waals surface area contributed by atoms with Crippen LogP contribution in [0.1, 0.15) is 25.1 Å². The van der Waals surface area contributed by atoms with Gasteiger partial charge in [-0.2, -0.15) is 0 Å². The predicted octanol–water partition coefficient (Wildman–Crippen LogP) is 1.55. The lowest BCUT2D eigenvalue weighted by atomic mass is 10.1. The molecular weight excluding hydrogens is 264 g/mol. The molecule has 0 aromatic carbocycles. The van der Waals surface area contributed by atoms with E-state index in [0.29, 0.717) is 24.2 Å². The molecule has 1 aliphatic rings. The molecule has 1 N–H and O–H groups in total. The molecule has 3 heterocycles. The second-order valence-electron chi connectivity index (χ2n) is 5.01. The lowest BCUT2D eigenvalue weighted by Crippen LogP contribution is -2.30. The van der Waals surface area contributed by atoms with Gasteiger partial charge in [0.1, 0.15) is 17.1 Å². The van der Waals surface area contributed by atoms with Gasteiger partial charge in [0, 0.05) is 12.6 Å². The third kappa shape index (κ3) is 2.20. The Morgan fingerprint density at radius 2 is 2.26 bits per heavy atom. The van der Waals surface area contributed by atoms with Gasteiger partial charge >= 0.3 is 0 Å². The summed E-state index contributed by atoms with van der Waals surface area (Å²) in [5, 5.41) is 9.38. The largest absolute Gasteiger partial charge is 0.506 e. The molecule has 1 unspecified atom stereocenters. The van der Waals surface area contributed by atoms with Crippen molar-refractivity contribution in [1.29, 1.82) is 0 Å². The van der Waals surface area contributed by atoms with E-state index in [1.807, 2.05) is 0 Å². The molecule has 0 bridgehead atoms. The van der Waals surface area contributed by atoms with Crippen LogP contribution in [0.4, 0.5) is 0 Å². The quantitative estimate of drug-likeness (QED) is 0.906. The highest BCUT2D eigenvalue weighted by molar-refractivity contribution is 7.92. The van der Waals surface area contributed by atoms with E-state index >= 15 is 0 Å². The zero-order valence-electron chi connectivity index (χ0n) is 10.5. The molecule has 1 saturated heterocycles. The molecule has 0 amide bonds. The fourth-order valence-electron chi connectivity index (χ4n) is 2.67. The van der Waals surface area contributed by atoms with Gasteiger partial charge in [-0.15, -0.1) is 0 Å². The van der Waals surface area contributed by atoms with Crippen molar-refractivity contribution >= 4 is 15.4 Å². The molecular formula is C13H16N2O3S. The molecule has 3 rings (SSSR count). The highest BCUT2D eigenvalue weighted by atomic mass is 32.2. The Kier molecular flexibility index (Phi) is 2.97. The average molecular weight is 280 g/mol. The van der Waals surface area contributed by atoms with Gasteiger partial charge in [0.25, 0.3) is 0 Å². The lowest BCUT2D eigenvalue weighted by Gasteiger charge is -2.21. The number of rotatable bonds is 2. The first-order valence-corrected chi connectivity index (χ1v) is 8.15. The SMILES string of the molecule is O=S1(=O)CCCCC1Cc1ncc2c(O)cccn12. The topological polar surface area (TPSA) is 71.7 Å². The predicted molar refractivity (Wildman–Crippen MR) is 72.0 cm³/mol. The lowest BCUT2D eigenvalue weighted by molar-refractivity contribution is 0.478. The van der Waals surface area contributed by atoms with E-state index in [1.54, 1.807) is 28.9 Å². The van der Waals surface area contributed by atoms with Gasteiger partial charge in [-0.05, 0) is 25.0 Å². The minimum absolute atomic E-state index is 0.160. The molecule has 1 fully saturated rings. The van der Waals surface area contributed by atoms with Crippen LogP contribution in [0.25, 0.3) is 5.52 Å². The van der Waals surface area contributed by atoms with Crippen LogP contribution < -0.4 is 0 Å². The van der Waals surface area contributed by atoms with E-state index in [-0.39, 0.29) is 16.8 Å². The number of nitrogens with zero attached hydrogens (tertiary/aromatic N) is 2. The molecule has 1 atom stereocenters. The minimum Gasteiger partial charge on any atom is -0.506 e. The summed E-state index contributed by atoms with van der Waals surface area (Å²) in [7, 11) is -2.99. The van der Waals surface area contributed by atoms with Crippen molar-refractivity contribution in [2.75, 3.05) is 5.75 Å². The molecule has 0 spiro atoms. The van der Waals surface area contributed by atoms with Gasteiger partial charge in [-0.25, -0.2) is 13.4 Å².